The van der Waals surface area contributed by atoms with E-state index in [0.717, 1.165) is 11.0 Å². The van der Waals surface area contributed by atoms with E-state index in [0.29, 0.717) is 23.6 Å². The highest BCUT2D eigenvalue weighted by Crippen LogP contribution is 2.19. The summed E-state index contributed by atoms with van der Waals surface area (Å²) in [6.07, 6.45) is 3.33. The van der Waals surface area contributed by atoms with Gasteiger partial charge in [0.2, 0.25) is 0 Å². The van der Waals surface area contributed by atoms with Crippen LogP contribution in [-0.4, -0.2) is 20.7 Å². The van der Waals surface area contributed by atoms with Crippen LogP contribution in [0.5, 0.6) is 0 Å². The lowest BCUT2D eigenvalue weighted by Gasteiger charge is -2.09. The van der Waals surface area contributed by atoms with E-state index < -0.39 is 0 Å². The normalized spacial score (nSPS) is 11.3. The third-order valence-electron chi connectivity index (χ3n) is 3.50. The third kappa shape index (κ3) is 2.59. The number of carbonyl (C=O) groups excluding carboxylic acids is 1. The van der Waals surface area contributed by atoms with Crippen LogP contribution in [-0.2, 0) is 6.54 Å². The first-order chi connectivity index (χ1) is 10.6. The summed E-state index contributed by atoms with van der Waals surface area (Å²) < 4.78 is 7.06. The van der Waals surface area contributed by atoms with Crippen LogP contribution in [0.4, 0.5) is 0 Å². The number of hydrogen-bond donors (Lipinski definition) is 1. The first kappa shape index (κ1) is 14.3. The molecule has 0 aromatic carbocycles. The van der Waals surface area contributed by atoms with Crippen molar-refractivity contribution in [3.8, 4) is 0 Å². The minimum absolute atomic E-state index is 0.166. The summed E-state index contributed by atoms with van der Waals surface area (Å²) in [6, 6.07) is 5.67. The molecule has 1 amide bonds. The van der Waals surface area contributed by atoms with Gasteiger partial charge in [0, 0.05) is 11.4 Å². The molecule has 0 saturated heterocycles. The number of carbonyl (C=O) groups is 1. The maximum absolute atomic E-state index is 12.3. The van der Waals surface area contributed by atoms with E-state index in [-0.39, 0.29) is 11.9 Å². The topological polar surface area (TPSA) is 73.0 Å². The Morgan fingerprint density at radius 2 is 2.27 bits per heavy atom. The standard InChI is InChI=1S/C16H18N4O2/c1-10(2)20-15-12(8-18-20)7-14(11(3)19-15)16(21)17-9-13-5-4-6-22-13/h4-8,10H,9H2,1-3H3,(H,17,21). The maximum atomic E-state index is 12.3. The molecular weight excluding hydrogens is 280 g/mol. The van der Waals surface area contributed by atoms with Gasteiger partial charge in [-0.25, -0.2) is 9.67 Å². The fourth-order valence-electron chi connectivity index (χ4n) is 2.35. The van der Waals surface area contributed by atoms with Crippen LogP contribution < -0.4 is 5.32 Å². The predicted molar refractivity (Wildman–Crippen MR) is 82.5 cm³/mol. The molecule has 0 atom stereocenters. The minimum Gasteiger partial charge on any atom is -0.467 e. The van der Waals surface area contributed by atoms with Gasteiger partial charge < -0.3 is 9.73 Å². The van der Waals surface area contributed by atoms with Crippen molar-refractivity contribution in [1.82, 2.24) is 20.1 Å². The molecule has 114 valence electrons. The first-order valence-corrected chi connectivity index (χ1v) is 7.21. The molecule has 6 nitrogen and oxygen atoms in total. The number of amides is 1. The van der Waals surface area contributed by atoms with Crippen molar-refractivity contribution in [3.63, 3.8) is 0 Å². The van der Waals surface area contributed by atoms with E-state index in [1.165, 1.54) is 0 Å². The van der Waals surface area contributed by atoms with Crippen molar-refractivity contribution >= 4 is 16.9 Å². The zero-order valence-electron chi connectivity index (χ0n) is 12.8. The Kier molecular flexibility index (Phi) is 3.66. The Morgan fingerprint density at radius 1 is 1.45 bits per heavy atom. The number of nitrogens with zero attached hydrogens (tertiary/aromatic N) is 3. The molecule has 1 N–H and O–H groups in total. The van der Waals surface area contributed by atoms with Crippen LogP contribution in [0.3, 0.4) is 0 Å². The average molecular weight is 298 g/mol. The number of aromatic nitrogens is 3. The lowest BCUT2D eigenvalue weighted by Crippen LogP contribution is -2.23. The highest BCUT2D eigenvalue weighted by atomic mass is 16.3. The summed E-state index contributed by atoms with van der Waals surface area (Å²) in [6.45, 7) is 6.29. The number of furan rings is 1. The van der Waals surface area contributed by atoms with E-state index >= 15 is 0 Å². The zero-order chi connectivity index (χ0) is 15.7. The number of fused-ring (bicyclic) bond motifs is 1. The van der Waals surface area contributed by atoms with E-state index in [1.54, 1.807) is 18.5 Å². The van der Waals surface area contributed by atoms with Crippen molar-refractivity contribution in [3.05, 3.63) is 47.7 Å². The predicted octanol–water partition coefficient (Wildman–Crippen LogP) is 2.84. The Bertz CT molecular complexity index is 803. The molecule has 0 aliphatic carbocycles. The molecule has 0 aliphatic rings. The maximum Gasteiger partial charge on any atom is 0.253 e. The smallest absolute Gasteiger partial charge is 0.253 e. The molecule has 3 heterocycles. The molecule has 0 bridgehead atoms. The van der Waals surface area contributed by atoms with E-state index in [4.69, 9.17) is 4.42 Å². The summed E-state index contributed by atoms with van der Waals surface area (Å²) in [5.74, 6) is 0.549. The summed E-state index contributed by atoms with van der Waals surface area (Å²) in [7, 11) is 0. The molecule has 3 aromatic rings. The van der Waals surface area contributed by atoms with Crippen molar-refractivity contribution in [2.75, 3.05) is 0 Å². The first-order valence-electron chi connectivity index (χ1n) is 7.21. The van der Waals surface area contributed by atoms with Gasteiger partial charge in [-0.2, -0.15) is 5.10 Å². The molecule has 22 heavy (non-hydrogen) atoms. The number of hydrogen-bond acceptors (Lipinski definition) is 4. The van der Waals surface area contributed by atoms with Gasteiger partial charge in [0.25, 0.3) is 5.91 Å². The second-order valence-electron chi connectivity index (χ2n) is 5.48. The quantitative estimate of drug-likeness (QED) is 0.804. The monoisotopic (exact) mass is 298 g/mol. The van der Waals surface area contributed by atoms with Gasteiger partial charge in [-0.05, 0) is 39.0 Å². The number of nitrogens with one attached hydrogen (secondary N) is 1. The van der Waals surface area contributed by atoms with Crippen LogP contribution in [0, 0.1) is 6.92 Å². The number of pyridine rings is 1. The largest absolute Gasteiger partial charge is 0.467 e. The molecule has 0 aliphatic heterocycles. The fraction of sp³-hybridized carbons (Fsp3) is 0.312. The number of rotatable bonds is 4. The van der Waals surface area contributed by atoms with E-state index in [9.17, 15) is 4.79 Å². The average Bonchev–Trinajstić information content (AvgIpc) is 3.12. The van der Waals surface area contributed by atoms with Gasteiger partial charge in [-0.1, -0.05) is 0 Å². The Morgan fingerprint density at radius 3 is 2.95 bits per heavy atom. The van der Waals surface area contributed by atoms with Gasteiger partial charge in [0.15, 0.2) is 5.65 Å². The highest BCUT2D eigenvalue weighted by molar-refractivity contribution is 5.98. The minimum atomic E-state index is -0.166. The van der Waals surface area contributed by atoms with Crippen molar-refractivity contribution in [2.24, 2.45) is 0 Å². The molecule has 3 aromatic heterocycles. The lowest BCUT2D eigenvalue weighted by molar-refractivity contribution is 0.0947. The summed E-state index contributed by atoms with van der Waals surface area (Å²) >= 11 is 0. The van der Waals surface area contributed by atoms with E-state index in [1.807, 2.05) is 37.6 Å². The molecule has 0 saturated carbocycles. The van der Waals surface area contributed by atoms with E-state index in [2.05, 4.69) is 15.4 Å². The molecule has 6 heteroatoms. The summed E-state index contributed by atoms with van der Waals surface area (Å²) in [5.41, 5.74) is 2.05. The Hall–Kier alpha value is -2.63. The van der Waals surface area contributed by atoms with Gasteiger partial charge in [-0.3, -0.25) is 4.79 Å². The van der Waals surface area contributed by atoms with Crippen LogP contribution in [0.15, 0.2) is 35.1 Å². The third-order valence-corrected chi connectivity index (χ3v) is 3.50. The second-order valence-corrected chi connectivity index (χ2v) is 5.48. The van der Waals surface area contributed by atoms with Crippen molar-refractivity contribution in [1.29, 1.82) is 0 Å². The lowest BCUT2D eigenvalue weighted by atomic mass is 10.1. The van der Waals surface area contributed by atoms with Crippen LogP contribution >= 0.6 is 0 Å². The fourth-order valence-corrected chi connectivity index (χ4v) is 2.35. The molecule has 3 rings (SSSR count). The molecule has 0 radical (unpaired) electrons. The molecule has 0 fully saturated rings. The summed E-state index contributed by atoms with van der Waals surface area (Å²) in [4.78, 5) is 16.9. The van der Waals surface area contributed by atoms with Crippen molar-refractivity contribution in [2.45, 2.75) is 33.4 Å². The molecule has 0 spiro atoms. The van der Waals surface area contributed by atoms with Crippen molar-refractivity contribution < 1.29 is 9.21 Å². The Balaban J connectivity index is 1.87. The highest BCUT2D eigenvalue weighted by Gasteiger charge is 2.15. The van der Waals surface area contributed by atoms with Crippen LogP contribution in [0.1, 0.15) is 41.7 Å². The SMILES string of the molecule is Cc1nc2c(cnn2C(C)C)cc1C(=O)NCc1ccco1. The van der Waals surface area contributed by atoms with Crippen LogP contribution in [0.25, 0.3) is 11.0 Å². The Labute approximate surface area is 128 Å². The van der Waals surface area contributed by atoms with Gasteiger partial charge in [-0.15, -0.1) is 0 Å². The summed E-state index contributed by atoms with van der Waals surface area (Å²) in [5, 5.41) is 8.03. The van der Waals surface area contributed by atoms with Gasteiger partial charge in [0.05, 0.1) is 30.3 Å². The number of aryl methyl sites for hydroxylation is 1. The second kappa shape index (κ2) is 5.63. The zero-order valence-corrected chi connectivity index (χ0v) is 12.8. The van der Waals surface area contributed by atoms with Gasteiger partial charge in [0.1, 0.15) is 5.76 Å². The molecular formula is C16H18N4O2. The van der Waals surface area contributed by atoms with Gasteiger partial charge >= 0.3 is 0 Å². The van der Waals surface area contributed by atoms with Crippen LogP contribution in [0.2, 0.25) is 0 Å². The molecule has 0 unspecified atom stereocenters.